The molecular formula is C18H18FN3O3. The van der Waals surface area contributed by atoms with Crippen LogP contribution in [0, 0.1) is 15.9 Å². The van der Waals surface area contributed by atoms with Gasteiger partial charge in [0.05, 0.1) is 4.92 Å². The number of carbonyl (C=O) groups excluding carboxylic acids is 1. The van der Waals surface area contributed by atoms with Gasteiger partial charge in [-0.15, -0.1) is 0 Å². The van der Waals surface area contributed by atoms with Crippen LogP contribution in [0.2, 0.25) is 0 Å². The summed E-state index contributed by atoms with van der Waals surface area (Å²) in [6.45, 7) is 0.280. The molecule has 0 heterocycles. The predicted octanol–water partition coefficient (Wildman–Crippen LogP) is 2.84. The molecule has 2 aromatic carbocycles. The van der Waals surface area contributed by atoms with Crippen molar-refractivity contribution < 1.29 is 14.1 Å². The molecule has 25 heavy (non-hydrogen) atoms. The van der Waals surface area contributed by atoms with Crippen LogP contribution in [0.15, 0.2) is 48.5 Å². The van der Waals surface area contributed by atoms with Gasteiger partial charge < -0.3 is 5.32 Å². The molecule has 1 atom stereocenters. The Morgan fingerprint density at radius 3 is 2.60 bits per heavy atom. The van der Waals surface area contributed by atoms with E-state index in [4.69, 9.17) is 0 Å². The van der Waals surface area contributed by atoms with Gasteiger partial charge in [0.1, 0.15) is 11.9 Å². The summed E-state index contributed by atoms with van der Waals surface area (Å²) in [6, 6.07) is 11.5. The van der Waals surface area contributed by atoms with Gasteiger partial charge in [0.25, 0.3) is 5.69 Å². The van der Waals surface area contributed by atoms with Crippen LogP contribution in [0.5, 0.6) is 0 Å². The molecule has 0 radical (unpaired) electrons. The molecule has 0 spiro atoms. The van der Waals surface area contributed by atoms with Crippen LogP contribution < -0.4 is 10.6 Å². The fraction of sp³-hybridized carbons (Fsp3) is 0.278. The van der Waals surface area contributed by atoms with E-state index in [1.807, 2.05) is 0 Å². The SMILES string of the molecule is O=C(NC1CC1)[C@@H](NCc1cccc([N+](=O)[O-])c1)c1ccc(F)cc1. The van der Waals surface area contributed by atoms with Crippen molar-refractivity contribution in [3.05, 3.63) is 75.6 Å². The predicted molar refractivity (Wildman–Crippen MR) is 90.2 cm³/mol. The Balaban J connectivity index is 1.74. The van der Waals surface area contributed by atoms with Crippen molar-refractivity contribution in [1.82, 2.24) is 10.6 Å². The lowest BCUT2D eigenvalue weighted by atomic mass is 10.1. The second-order valence-corrected chi connectivity index (χ2v) is 6.08. The number of non-ortho nitro benzene ring substituents is 1. The molecule has 1 aliphatic rings. The molecule has 6 nitrogen and oxygen atoms in total. The number of nitrogens with zero attached hydrogens (tertiary/aromatic N) is 1. The molecule has 1 amide bonds. The maximum Gasteiger partial charge on any atom is 0.269 e. The Morgan fingerprint density at radius 1 is 1.24 bits per heavy atom. The van der Waals surface area contributed by atoms with E-state index in [1.165, 1.54) is 24.3 Å². The van der Waals surface area contributed by atoms with Crippen LogP contribution in [0.4, 0.5) is 10.1 Å². The van der Waals surface area contributed by atoms with E-state index in [-0.39, 0.29) is 30.0 Å². The average Bonchev–Trinajstić information content (AvgIpc) is 3.41. The van der Waals surface area contributed by atoms with Crippen LogP contribution in [0.3, 0.4) is 0 Å². The first-order chi connectivity index (χ1) is 12.0. The third-order valence-corrected chi connectivity index (χ3v) is 4.02. The normalized spacial score (nSPS) is 14.8. The number of benzene rings is 2. The maximum atomic E-state index is 13.2. The average molecular weight is 343 g/mol. The molecule has 2 aromatic rings. The van der Waals surface area contributed by atoms with Gasteiger partial charge in [-0.25, -0.2) is 4.39 Å². The highest BCUT2D eigenvalue weighted by atomic mass is 19.1. The third kappa shape index (κ3) is 4.60. The molecule has 3 rings (SSSR count). The smallest absolute Gasteiger partial charge is 0.269 e. The summed E-state index contributed by atoms with van der Waals surface area (Å²) in [4.78, 5) is 22.9. The lowest BCUT2D eigenvalue weighted by Crippen LogP contribution is -2.38. The van der Waals surface area contributed by atoms with E-state index < -0.39 is 11.0 Å². The quantitative estimate of drug-likeness (QED) is 0.598. The van der Waals surface area contributed by atoms with Crippen LogP contribution in [-0.4, -0.2) is 16.9 Å². The van der Waals surface area contributed by atoms with E-state index in [0.717, 1.165) is 12.8 Å². The van der Waals surface area contributed by atoms with Crippen molar-refractivity contribution >= 4 is 11.6 Å². The van der Waals surface area contributed by atoms with Gasteiger partial charge in [0.15, 0.2) is 0 Å². The number of rotatable bonds is 7. The van der Waals surface area contributed by atoms with Gasteiger partial charge in [-0.2, -0.15) is 0 Å². The highest BCUT2D eigenvalue weighted by Gasteiger charge is 2.28. The number of nitrogens with one attached hydrogen (secondary N) is 2. The largest absolute Gasteiger partial charge is 0.352 e. The second kappa shape index (κ2) is 7.40. The molecule has 0 aliphatic heterocycles. The van der Waals surface area contributed by atoms with E-state index >= 15 is 0 Å². The summed E-state index contributed by atoms with van der Waals surface area (Å²) in [5.41, 5.74) is 1.34. The lowest BCUT2D eigenvalue weighted by Gasteiger charge is -2.19. The second-order valence-electron chi connectivity index (χ2n) is 6.08. The fourth-order valence-corrected chi connectivity index (χ4v) is 2.53. The number of hydrogen-bond acceptors (Lipinski definition) is 4. The van der Waals surface area contributed by atoms with Crippen LogP contribution in [0.25, 0.3) is 0 Å². The molecule has 1 aliphatic carbocycles. The van der Waals surface area contributed by atoms with Gasteiger partial charge in [0, 0.05) is 24.7 Å². The number of amides is 1. The minimum atomic E-state index is -0.652. The van der Waals surface area contributed by atoms with Gasteiger partial charge in [-0.1, -0.05) is 24.3 Å². The van der Waals surface area contributed by atoms with Gasteiger partial charge in [0.2, 0.25) is 5.91 Å². The zero-order chi connectivity index (χ0) is 17.8. The summed E-state index contributed by atoms with van der Waals surface area (Å²) in [5.74, 6) is -0.552. The maximum absolute atomic E-state index is 13.2. The molecular weight excluding hydrogens is 325 g/mol. The summed E-state index contributed by atoms with van der Waals surface area (Å²) >= 11 is 0. The van der Waals surface area contributed by atoms with E-state index in [0.29, 0.717) is 11.1 Å². The molecule has 1 fully saturated rings. The molecule has 7 heteroatoms. The van der Waals surface area contributed by atoms with Gasteiger partial charge in [-0.3, -0.25) is 20.2 Å². The molecule has 0 saturated heterocycles. The Labute approximate surface area is 144 Å². The highest BCUT2D eigenvalue weighted by molar-refractivity contribution is 5.83. The molecule has 2 N–H and O–H groups in total. The fourth-order valence-electron chi connectivity index (χ4n) is 2.53. The third-order valence-electron chi connectivity index (χ3n) is 4.02. The van der Waals surface area contributed by atoms with Crippen LogP contribution >= 0.6 is 0 Å². The number of carbonyl (C=O) groups is 1. The Kier molecular flexibility index (Phi) is 5.04. The lowest BCUT2D eigenvalue weighted by molar-refractivity contribution is -0.384. The van der Waals surface area contributed by atoms with Crippen molar-refractivity contribution in [3.63, 3.8) is 0 Å². The van der Waals surface area contributed by atoms with Crippen molar-refractivity contribution in [2.45, 2.75) is 31.5 Å². The minimum Gasteiger partial charge on any atom is -0.352 e. The van der Waals surface area contributed by atoms with Crippen LogP contribution in [0.1, 0.15) is 30.0 Å². The number of nitro benzene ring substituents is 1. The Hall–Kier alpha value is -2.80. The van der Waals surface area contributed by atoms with Crippen molar-refractivity contribution in [3.8, 4) is 0 Å². The summed E-state index contributed by atoms with van der Waals surface area (Å²) in [7, 11) is 0. The van der Waals surface area contributed by atoms with E-state index in [9.17, 15) is 19.3 Å². The molecule has 1 saturated carbocycles. The summed E-state index contributed by atoms with van der Waals surface area (Å²) in [6.07, 6.45) is 1.93. The Bertz CT molecular complexity index is 775. The first kappa shape index (κ1) is 17.0. The number of halogens is 1. The first-order valence-corrected chi connectivity index (χ1v) is 8.05. The topological polar surface area (TPSA) is 84.3 Å². The Morgan fingerprint density at radius 2 is 1.96 bits per heavy atom. The molecule has 0 unspecified atom stereocenters. The number of nitro groups is 1. The monoisotopic (exact) mass is 343 g/mol. The molecule has 0 bridgehead atoms. The first-order valence-electron chi connectivity index (χ1n) is 8.05. The standard InChI is InChI=1S/C18H18FN3O3/c19-14-6-4-13(5-7-14)17(18(23)21-15-8-9-15)20-11-12-2-1-3-16(10-12)22(24)25/h1-7,10,15,17,20H,8-9,11H2,(H,21,23)/t17-/m0/s1. The highest BCUT2D eigenvalue weighted by Crippen LogP contribution is 2.22. The van der Waals surface area contributed by atoms with Crippen molar-refractivity contribution in [2.75, 3.05) is 0 Å². The number of hydrogen-bond donors (Lipinski definition) is 2. The molecule has 130 valence electrons. The minimum absolute atomic E-state index is 0.0000594. The van der Waals surface area contributed by atoms with E-state index in [1.54, 1.807) is 24.3 Å². The zero-order valence-electron chi connectivity index (χ0n) is 13.4. The van der Waals surface area contributed by atoms with Crippen molar-refractivity contribution in [1.29, 1.82) is 0 Å². The van der Waals surface area contributed by atoms with Crippen LogP contribution in [-0.2, 0) is 11.3 Å². The zero-order valence-corrected chi connectivity index (χ0v) is 13.4. The van der Waals surface area contributed by atoms with Gasteiger partial charge >= 0.3 is 0 Å². The summed E-state index contributed by atoms with van der Waals surface area (Å²) in [5, 5.41) is 16.9. The van der Waals surface area contributed by atoms with Crippen molar-refractivity contribution in [2.24, 2.45) is 0 Å². The van der Waals surface area contributed by atoms with Gasteiger partial charge in [-0.05, 0) is 36.1 Å². The van der Waals surface area contributed by atoms with E-state index in [2.05, 4.69) is 10.6 Å². The molecule has 0 aromatic heterocycles. The summed E-state index contributed by atoms with van der Waals surface area (Å²) < 4.78 is 13.2.